The Morgan fingerprint density at radius 2 is 1.86 bits per heavy atom. The molecule has 1 N–H and O–H groups in total. The van der Waals surface area contributed by atoms with Crippen LogP contribution in [-0.4, -0.2) is 36.3 Å². The molecule has 1 aliphatic heterocycles. The minimum Gasteiger partial charge on any atom is -0.326 e. The van der Waals surface area contributed by atoms with Gasteiger partial charge in [-0.3, -0.25) is 14.5 Å². The fourth-order valence-electron chi connectivity index (χ4n) is 3.89. The molecule has 1 fully saturated rings. The van der Waals surface area contributed by atoms with Crippen LogP contribution in [0.25, 0.3) is 0 Å². The van der Waals surface area contributed by atoms with Gasteiger partial charge in [-0.2, -0.15) is 0 Å². The van der Waals surface area contributed by atoms with E-state index >= 15 is 0 Å². The first-order valence-electron chi connectivity index (χ1n) is 10.6. The number of anilines is 2. The van der Waals surface area contributed by atoms with Gasteiger partial charge in [-0.15, -0.1) is 0 Å². The van der Waals surface area contributed by atoms with Crippen molar-refractivity contribution in [2.75, 3.05) is 29.9 Å². The molecule has 0 aliphatic carbocycles. The lowest BCUT2D eigenvalue weighted by atomic mass is 10.1. The van der Waals surface area contributed by atoms with E-state index in [0.717, 1.165) is 43.0 Å². The average molecular weight is 394 g/mol. The van der Waals surface area contributed by atoms with Crippen LogP contribution in [0.3, 0.4) is 0 Å². The number of carbonyl (C=O) groups is 2. The number of hydrogen-bond acceptors (Lipinski definition) is 3. The fraction of sp³-hybridized carbons (Fsp3) is 0.417. The maximum Gasteiger partial charge on any atom is 0.229 e. The highest BCUT2D eigenvalue weighted by molar-refractivity contribution is 6.03. The van der Waals surface area contributed by atoms with Crippen molar-refractivity contribution in [1.82, 2.24) is 4.90 Å². The lowest BCUT2D eigenvalue weighted by Crippen LogP contribution is -2.28. The summed E-state index contributed by atoms with van der Waals surface area (Å²) in [5, 5.41) is 3.02. The van der Waals surface area contributed by atoms with Gasteiger partial charge >= 0.3 is 0 Å². The van der Waals surface area contributed by atoms with E-state index in [1.807, 2.05) is 42.5 Å². The van der Waals surface area contributed by atoms with Crippen LogP contribution in [-0.2, 0) is 22.6 Å². The Hall–Kier alpha value is -2.66. The van der Waals surface area contributed by atoms with Crippen molar-refractivity contribution in [3.05, 3.63) is 59.7 Å². The maximum atomic E-state index is 12.8. The van der Waals surface area contributed by atoms with Crippen molar-refractivity contribution in [3.63, 3.8) is 0 Å². The van der Waals surface area contributed by atoms with Crippen molar-refractivity contribution in [1.29, 1.82) is 0 Å². The zero-order valence-corrected chi connectivity index (χ0v) is 17.6. The number of benzene rings is 2. The summed E-state index contributed by atoms with van der Waals surface area (Å²) < 4.78 is 0. The number of rotatable bonds is 8. The predicted molar refractivity (Wildman–Crippen MR) is 118 cm³/mol. The Morgan fingerprint density at radius 1 is 1.10 bits per heavy atom. The van der Waals surface area contributed by atoms with Crippen LogP contribution >= 0.6 is 0 Å². The summed E-state index contributed by atoms with van der Waals surface area (Å²) in [5.74, 6) is -0.407. The molecule has 1 saturated heterocycles. The number of hydrogen-bond donors (Lipinski definition) is 1. The Morgan fingerprint density at radius 3 is 2.59 bits per heavy atom. The van der Waals surface area contributed by atoms with Crippen molar-refractivity contribution in [3.8, 4) is 0 Å². The van der Waals surface area contributed by atoms with Gasteiger partial charge in [0.25, 0.3) is 0 Å². The van der Waals surface area contributed by atoms with Gasteiger partial charge in [0.2, 0.25) is 11.8 Å². The highest BCUT2D eigenvalue weighted by Gasteiger charge is 2.35. The van der Waals surface area contributed by atoms with Gasteiger partial charge in [0.05, 0.1) is 5.92 Å². The largest absolute Gasteiger partial charge is 0.326 e. The summed E-state index contributed by atoms with van der Waals surface area (Å²) in [6, 6.07) is 15.9. The molecule has 0 aromatic heterocycles. The summed E-state index contributed by atoms with van der Waals surface area (Å²) in [5.41, 5.74) is 4.02. The number of para-hydroxylation sites is 1. The molecule has 1 heterocycles. The highest BCUT2D eigenvalue weighted by Crippen LogP contribution is 2.29. The van der Waals surface area contributed by atoms with Gasteiger partial charge < -0.3 is 10.2 Å². The molecule has 0 saturated carbocycles. The van der Waals surface area contributed by atoms with Gasteiger partial charge in [0.1, 0.15) is 0 Å². The highest BCUT2D eigenvalue weighted by atomic mass is 16.2. The molecular formula is C24H31N3O2. The van der Waals surface area contributed by atoms with E-state index in [9.17, 15) is 9.59 Å². The summed E-state index contributed by atoms with van der Waals surface area (Å²) in [7, 11) is 0. The van der Waals surface area contributed by atoms with Crippen LogP contribution in [0.4, 0.5) is 11.4 Å². The first kappa shape index (κ1) is 21.1. The number of carbonyl (C=O) groups excluding carboxylic acids is 2. The Balaban J connectivity index is 1.67. The van der Waals surface area contributed by atoms with Gasteiger partial charge in [0.15, 0.2) is 0 Å². The molecule has 0 radical (unpaired) electrons. The summed E-state index contributed by atoms with van der Waals surface area (Å²) in [6.45, 7) is 9.65. The standard InChI is InChI=1S/C24H31N3O2/c1-4-19-11-7-8-13-22(19)27-17-20(15-23(27)28)24(29)25-21-12-9-10-18(14-21)16-26(5-2)6-3/h7-14,20H,4-6,15-17H2,1-3H3,(H,25,29). The average Bonchev–Trinajstić information content (AvgIpc) is 3.13. The number of nitrogens with one attached hydrogen (secondary N) is 1. The summed E-state index contributed by atoms with van der Waals surface area (Å²) in [4.78, 5) is 29.5. The summed E-state index contributed by atoms with van der Waals surface area (Å²) >= 11 is 0. The third-order valence-corrected chi connectivity index (χ3v) is 5.65. The van der Waals surface area contributed by atoms with Gasteiger partial charge in [0, 0.05) is 30.9 Å². The molecule has 29 heavy (non-hydrogen) atoms. The van der Waals surface area contributed by atoms with Crippen LogP contribution in [0.1, 0.15) is 38.3 Å². The van der Waals surface area contributed by atoms with Crippen molar-refractivity contribution >= 4 is 23.2 Å². The zero-order chi connectivity index (χ0) is 20.8. The normalized spacial score (nSPS) is 16.5. The molecule has 2 amide bonds. The molecule has 5 nitrogen and oxygen atoms in total. The molecule has 154 valence electrons. The molecular weight excluding hydrogens is 362 g/mol. The molecule has 5 heteroatoms. The maximum absolute atomic E-state index is 12.8. The molecule has 2 aromatic carbocycles. The lowest BCUT2D eigenvalue weighted by molar-refractivity contribution is -0.122. The molecule has 3 rings (SSSR count). The number of aryl methyl sites for hydroxylation is 1. The van der Waals surface area contributed by atoms with E-state index in [1.54, 1.807) is 4.90 Å². The predicted octanol–water partition coefficient (Wildman–Crippen LogP) is 4.08. The monoisotopic (exact) mass is 393 g/mol. The minimum absolute atomic E-state index is 0.0151. The Kier molecular flexibility index (Phi) is 7.04. The summed E-state index contributed by atoms with van der Waals surface area (Å²) in [6.07, 6.45) is 1.11. The van der Waals surface area contributed by atoms with Crippen LogP contribution in [0.5, 0.6) is 0 Å². The third-order valence-electron chi connectivity index (χ3n) is 5.65. The third kappa shape index (κ3) is 5.04. The first-order chi connectivity index (χ1) is 14.0. The van der Waals surface area contributed by atoms with Crippen LogP contribution in [0, 0.1) is 5.92 Å². The van der Waals surface area contributed by atoms with E-state index in [1.165, 1.54) is 5.56 Å². The number of amides is 2. The van der Waals surface area contributed by atoms with E-state index in [2.05, 4.69) is 37.1 Å². The molecule has 1 unspecified atom stereocenters. The van der Waals surface area contributed by atoms with E-state index < -0.39 is 0 Å². The zero-order valence-electron chi connectivity index (χ0n) is 17.6. The topological polar surface area (TPSA) is 52.7 Å². The van der Waals surface area contributed by atoms with Gasteiger partial charge in [-0.1, -0.05) is 51.1 Å². The Bertz CT molecular complexity index is 861. The van der Waals surface area contributed by atoms with E-state index in [4.69, 9.17) is 0 Å². The SMILES string of the molecule is CCc1ccccc1N1CC(C(=O)Nc2cccc(CN(CC)CC)c2)CC1=O. The molecule has 2 aromatic rings. The Labute approximate surface area is 173 Å². The van der Waals surface area contributed by atoms with E-state index in [0.29, 0.717) is 6.54 Å². The van der Waals surface area contributed by atoms with Crippen LogP contribution in [0.15, 0.2) is 48.5 Å². The fourth-order valence-corrected chi connectivity index (χ4v) is 3.89. The van der Waals surface area contributed by atoms with Gasteiger partial charge in [-0.25, -0.2) is 0 Å². The second-order valence-electron chi connectivity index (χ2n) is 7.54. The van der Waals surface area contributed by atoms with Crippen molar-refractivity contribution in [2.45, 2.75) is 40.2 Å². The molecule has 1 aliphatic rings. The first-order valence-corrected chi connectivity index (χ1v) is 10.6. The number of nitrogens with zero attached hydrogens (tertiary/aromatic N) is 2. The molecule has 1 atom stereocenters. The lowest BCUT2D eigenvalue weighted by Gasteiger charge is -2.20. The van der Waals surface area contributed by atoms with Crippen molar-refractivity contribution < 1.29 is 9.59 Å². The van der Waals surface area contributed by atoms with Crippen molar-refractivity contribution in [2.24, 2.45) is 5.92 Å². The molecule has 0 spiro atoms. The van der Waals surface area contributed by atoms with Crippen LogP contribution in [0.2, 0.25) is 0 Å². The molecule has 0 bridgehead atoms. The minimum atomic E-state index is -0.334. The van der Waals surface area contributed by atoms with E-state index in [-0.39, 0.29) is 24.2 Å². The van der Waals surface area contributed by atoms with Crippen LogP contribution < -0.4 is 10.2 Å². The van der Waals surface area contributed by atoms with Gasteiger partial charge in [-0.05, 0) is 48.8 Å². The quantitative estimate of drug-likeness (QED) is 0.735. The second kappa shape index (κ2) is 9.70. The smallest absolute Gasteiger partial charge is 0.229 e. The second-order valence-corrected chi connectivity index (χ2v) is 7.54.